The lowest BCUT2D eigenvalue weighted by Crippen LogP contribution is -2.33. The predicted molar refractivity (Wildman–Crippen MR) is 120 cm³/mol. The summed E-state index contributed by atoms with van der Waals surface area (Å²) in [6, 6.07) is 19.9. The van der Waals surface area contributed by atoms with E-state index >= 15 is 0 Å². The van der Waals surface area contributed by atoms with Crippen LogP contribution in [0.5, 0.6) is 11.5 Å². The molecule has 162 valence electrons. The molecule has 3 aromatic rings. The van der Waals surface area contributed by atoms with Crippen LogP contribution < -0.4 is 20.8 Å². The van der Waals surface area contributed by atoms with Crippen molar-refractivity contribution >= 4 is 35.3 Å². The SMILES string of the molecule is COc1cccc(/C=N/NC(=O)C(=O)Nc2ccccc2C(=O)Nc2ccccc2)c1O. The van der Waals surface area contributed by atoms with Crippen LogP contribution in [-0.2, 0) is 9.59 Å². The maximum absolute atomic E-state index is 12.6. The van der Waals surface area contributed by atoms with E-state index in [4.69, 9.17) is 4.74 Å². The molecule has 0 radical (unpaired) electrons. The van der Waals surface area contributed by atoms with Crippen molar-refractivity contribution in [2.75, 3.05) is 17.7 Å². The van der Waals surface area contributed by atoms with Crippen molar-refractivity contribution in [1.82, 2.24) is 5.43 Å². The number of carbonyl (C=O) groups is 3. The number of carbonyl (C=O) groups excluding carboxylic acids is 3. The van der Waals surface area contributed by atoms with Crippen LogP contribution >= 0.6 is 0 Å². The topological polar surface area (TPSA) is 129 Å². The van der Waals surface area contributed by atoms with Gasteiger partial charge in [0.1, 0.15) is 0 Å². The molecule has 9 heteroatoms. The fraction of sp³-hybridized carbons (Fsp3) is 0.0435. The van der Waals surface area contributed by atoms with Crippen molar-refractivity contribution in [3.63, 3.8) is 0 Å². The van der Waals surface area contributed by atoms with Crippen LogP contribution in [0.3, 0.4) is 0 Å². The molecular formula is C23H20N4O5. The third kappa shape index (κ3) is 5.48. The quantitative estimate of drug-likeness (QED) is 0.270. The fourth-order valence-electron chi connectivity index (χ4n) is 2.71. The average molecular weight is 432 g/mol. The number of rotatable bonds is 6. The van der Waals surface area contributed by atoms with E-state index < -0.39 is 17.7 Å². The zero-order chi connectivity index (χ0) is 22.9. The number of nitrogens with zero attached hydrogens (tertiary/aromatic N) is 1. The van der Waals surface area contributed by atoms with Gasteiger partial charge in [0.15, 0.2) is 11.5 Å². The van der Waals surface area contributed by atoms with Crippen LogP contribution in [0.4, 0.5) is 11.4 Å². The van der Waals surface area contributed by atoms with Crippen LogP contribution in [0, 0.1) is 0 Å². The Morgan fingerprint density at radius 2 is 1.59 bits per heavy atom. The number of phenolic OH excluding ortho intramolecular Hbond substituents is 1. The molecule has 0 spiro atoms. The summed E-state index contributed by atoms with van der Waals surface area (Å²) in [6.07, 6.45) is 1.17. The van der Waals surface area contributed by atoms with Gasteiger partial charge >= 0.3 is 11.8 Å². The van der Waals surface area contributed by atoms with Gasteiger partial charge in [-0.25, -0.2) is 5.43 Å². The normalized spacial score (nSPS) is 10.4. The highest BCUT2D eigenvalue weighted by molar-refractivity contribution is 6.40. The molecule has 3 rings (SSSR count). The van der Waals surface area contributed by atoms with E-state index in [2.05, 4.69) is 21.2 Å². The molecule has 0 aliphatic heterocycles. The number of hydrogen-bond donors (Lipinski definition) is 4. The van der Waals surface area contributed by atoms with Crippen molar-refractivity contribution < 1.29 is 24.2 Å². The standard InChI is InChI=1S/C23H20N4O5/c1-32-19-13-7-8-15(20(19)28)14-24-27-23(31)22(30)26-18-12-6-5-11-17(18)21(29)25-16-9-3-2-4-10-16/h2-14,28H,1H3,(H,25,29)(H,26,30)(H,27,31)/b24-14+. The number of benzene rings is 3. The number of para-hydroxylation sites is 3. The minimum absolute atomic E-state index is 0.157. The summed E-state index contributed by atoms with van der Waals surface area (Å²) in [7, 11) is 1.40. The highest BCUT2D eigenvalue weighted by Crippen LogP contribution is 2.27. The second kappa shape index (κ2) is 10.4. The molecule has 0 aliphatic carbocycles. The third-order valence-corrected chi connectivity index (χ3v) is 4.28. The van der Waals surface area contributed by atoms with E-state index in [1.807, 2.05) is 6.07 Å². The van der Waals surface area contributed by atoms with E-state index in [-0.39, 0.29) is 28.3 Å². The second-order valence-electron chi connectivity index (χ2n) is 6.42. The molecule has 0 saturated heterocycles. The largest absolute Gasteiger partial charge is 0.504 e. The van der Waals surface area contributed by atoms with Gasteiger partial charge in [-0.1, -0.05) is 36.4 Å². The van der Waals surface area contributed by atoms with Gasteiger partial charge < -0.3 is 20.5 Å². The zero-order valence-corrected chi connectivity index (χ0v) is 17.0. The molecule has 0 unspecified atom stereocenters. The summed E-state index contributed by atoms with van der Waals surface area (Å²) in [5, 5.41) is 18.8. The highest BCUT2D eigenvalue weighted by Gasteiger charge is 2.18. The van der Waals surface area contributed by atoms with Crippen molar-refractivity contribution in [2.45, 2.75) is 0 Å². The number of anilines is 2. The summed E-state index contributed by atoms with van der Waals surface area (Å²) < 4.78 is 4.99. The van der Waals surface area contributed by atoms with Gasteiger partial charge in [0.05, 0.1) is 24.6 Å². The molecule has 0 fully saturated rings. The maximum atomic E-state index is 12.6. The first-order valence-corrected chi connectivity index (χ1v) is 9.45. The molecule has 4 N–H and O–H groups in total. The van der Waals surface area contributed by atoms with Gasteiger partial charge in [0.25, 0.3) is 5.91 Å². The number of amides is 3. The van der Waals surface area contributed by atoms with Gasteiger partial charge in [0, 0.05) is 11.3 Å². The Kier molecular flexibility index (Phi) is 7.16. The first-order valence-electron chi connectivity index (χ1n) is 9.45. The zero-order valence-electron chi connectivity index (χ0n) is 17.0. The Hall–Kier alpha value is -4.66. The van der Waals surface area contributed by atoms with Crippen LogP contribution in [0.1, 0.15) is 15.9 Å². The summed E-state index contributed by atoms with van der Waals surface area (Å²) in [4.78, 5) is 36.9. The predicted octanol–water partition coefficient (Wildman–Crippen LogP) is 2.74. The van der Waals surface area contributed by atoms with Crippen LogP contribution in [0.15, 0.2) is 77.9 Å². The lowest BCUT2D eigenvalue weighted by molar-refractivity contribution is -0.136. The van der Waals surface area contributed by atoms with Crippen LogP contribution in [0.2, 0.25) is 0 Å². The van der Waals surface area contributed by atoms with E-state index in [1.54, 1.807) is 54.6 Å². The van der Waals surface area contributed by atoms with E-state index in [0.717, 1.165) is 0 Å². The first kappa shape index (κ1) is 22.0. The van der Waals surface area contributed by atoms with E-state index in [1.165, 1.54) is 25.5 Å². The van der Waals surface area contributed by atoms with Crippen molar-refractivity contribution in [3.05, 3.63) is 83.9 Å². The summed E-state index contributed by atoms with van der Waals surface area (Å²) in [5.41, 5.74) is 3.29. The molecular weight excluding hydrogens is 412 g/mol. The molecule has 3 amide bonds. The van der Waals surface area contributed by atoms with E-state index in [9.17, 15) is 19.5 Å². The number of hydrogen-bond acceptors (Lipinski definition) is 6. The lowest BCUT2D eigenvalue weighted by atomic mass is 10.1. The van der Waals surface area contributed by atoms with E-state index in [0.29, 0.717) is 5.69 Å². The average Bonchev–Trinajstić information content (AvgIpc) is 2.81. The molecule has 0 heterocycles. The van der Waals surface area contributed by atoms with Gasteiger partial charge in [-0.3, -0.25) is 14.4 Å². The number of methoxy groups -OCH3 is 1. The van der Waals surface area contributed by atoms with Gasteiger partial charge in [0.2, 0.25) is 0 Å². The minimum Gasteiger partial charge on any atom is -0.504 e. The van der Waals surface area contributed by atoms with Gasteiger partial charge in [-0.05, 0) is 36.4 Å². The molecule has 9 nitrogen and oxygen atoms in total. The Balaban J connectivity index is 1.64. The molecule has 0 saturated carbocycles. The number of nitrogens with one attached hydrogen (secondary N) is 3. The monoisotopic (exact) mass is 432 g/mol. The number of phenols is 1. The lowest BCUT2D eigenvalue weighted by Gasteiger charge is -2.11. The molecule has 0 aliphatic rings. The molecule has 0 aromatic heterocycles. The van der Waals surface area contributed by atoms with Crippen LogP contribution in [-0.4, -0.2) is 36.2 Å². The third-order valence-electron chi connectivity index (χ3n) is 4.28. The number of ether oxygens (including phenoxy) is 1. The Morgan fingerprint density at radius 1 is 0.875 bits per heavy atom. The number of aromatic hydroxyl groups is 1. The van der Waals surface area contributed by atoms with Crippen molar-refractivity contribution in [2.24, 2.45) is 5.10 Å². The maximum Gasteiger partial charge on any atom is 0.329 e. The number of hydrazone groups is 1. The summed E-state index contributed by atoms with van der Waals surface area (Å²) >= 11 is 0. The van der Waals surface area contributed by atoms with Crippen LogP contribution in [0.25, 0.3) is 0 Å². The summed E-state index contributed by atoms with van der Waals surface area (Å²) in [5.74, 6) is -2.43. The summed E-state index contributed by atoms with van der Waals surface area (Å²) in [6.45, 7) is 0. The highest BCUT2D eigenvalue weighted by atomic mass is 16.5. The molecule has 0 atom stereocenters. The van der Waals surface area contributed by atoms with Crippen molar-refractivity contribution in [1.29, 1.82) is 0 Å². The smallest absolute Gasteiger partial charge is 0.329 e. The Bertz CT molecular complexity index is 1160. The van der Waals surface area contributed by atoms with Gasteiger partial charge in [-0.15, -0.1) is 0 Å². The molecule has 32 heavy (non-hydrogen) atoms. The first-order chi connectivity index (χ1) is 15.5. The molecule has 3 aromatic carbocycles. The van der Waals surface area contributed by atoms with Crippen molar-refractivity contribution in [3.8, 4) is 11.5 Å². The Morgan fingerprint density at radius 3 is 2.34 bits per heavy atom. The molecule has 0 bridgehead atoms. The Labute approximate surface area is 183 Å². The van der Waals surface area contributed by atoms with Gasteiger partial charge in [-0.2, -0.15) is 5.10 Å². The fourth-order valence-corrected chi connectivity index (χ4v) is 2.71. The minimum atomic E-state index is -1.05. The second-order valence-corrected chi connectivity index (χ2v) is 6.42.